The van der Waals surface area contributed by atoms with Gasteiger partial charge in [-0.3, -0.25) is 14.2 Å². The van der Waals surface area contributed by atoms with Gasteiger partial charge in [-0.2, -0.15) is 10.2 Å². The van der Waals surface area contributed by atoms with E-state index >= 15 is 0 Å². The van der Waals surface area contributed by atoms with Gasteiger partial charge < -0.3 is 5.32 Å². The third-order valence-electron chi connectivity index (χ3n) is 3.38. The summed E-state index contributed by atoms with van der Waals surface area (Å²) in [4.78, 5) is 12.0. The summed E-state index contributed by atoms with van der Waals surface area (Å²) in [7, 11) is 0. The molecule has 3 rings (SSSR count). The third-order valence-corrected chi connectivity index (χ3v) is 3.73. The molecule has 0 saturated heterocycles. The van der Waals surface area contributed by atoms with E-state index in [2.05, 4.69) is 15.5 Å². The zero-order chi connectivity index (χ0) is 17.1. The minimum absolute atomic E-state index is 0.109. The highest BCUT2D eigenvalue weighted by molar-refractivity contribution is 6.31. The first-order chi connectivity index (χ1) is 11.5. The molecule has 124 valence electrons. The van der Waals surface area contributed by atoms with Crippen molar-refractivity contribution in [1.82, 2.24) is 19.6 Å². The molecule has 24 heavy (non-hydrogen) atoms. The summed E-state index contributed by atoms with van der Waals surface area (Å²) in [5, 5.41) is 11.3. The second-order valence-corrected chi connectivity index (χ2v) is 5.74. The van der Waals surface area contributed by atoms with Crippen LogP contribution in [0.15, 0.2) is 42.9 Å². The lowest BCUT2D eigenvalue weighted by molar-refractivity contribution is -0.116. The monoisotopic (exact) mass is 347 g/mol. The highest BCUT2D eigenvalue weighted by Gasteiger charge is 2.10. The van der Waals surface area contributed by atoms with Crippen molar-refractivity contribution in [2.75, 3.05) is 5.32 Å². The molecular weight excluding hydrogens is 333 g/mol. The van der Waals surface area contributed by atoms with Crippen molar-refractivity contribution >= 4 is 23.2 Å². The van der Waals surface area contributed by atoms with Crippen LogP contribution >= 0.6 is 11.6 Å². The van der Waals surface area contributed by atoms with Crippen molar-refractivity contribution in [3.63, 3.8) is 0 Å². The third kappa shape index (κ3) is 3.80. The van der Waals surface area contributed by atoms with Crippen LogP contribution in [0.5, 0.6) is 0 Å². The molecule has 0 saturated carbocycles. The van der Waals surface area contributed by atoms with Gasteiger partial charge in [0.15, 0.2) is 0 Å². The number of hydrogen-bond acceptors (Lipinski definition) is 3. The van der Waals surface area contributed by atoms with Gasteiger partial charge in [-0.1, -0.05) is 17.7 Å². The summed E-state index contributed by atoms with van der Waals surface area (Å²) in [6, 6.07) is 6.34. The SMILES string of the molecule is Cc1ccn(CC(=O)Nc2cnn(Cc3c(F)cccc3Cl)c2)n1. The summed E-state index contributed by atoms with van der Waals surface area (Å²) >= 11 is 6.00. The van der Waals surface area contributed by atoms with E-state index < -0.39 is 5.82 Å². The molecule has 0 spiro atoms. The van der Waals surface area contributed by atoms with Crippen LogP contribution in [0.25, 0.3) is 0 Å². The average Bonchev–Trinajstić information content (AvgIpc) is 3.12. The standard InChI is InChI=1S/C16H15ClFN5O/c1-11-5-6-22(21-11)10-16(24)20-12-7-19-23(8-12)9-13-14(17)3-2-4-15(13)18/h2-8H,9-10H2,1H3,(H,20,24). The first kappa shape index (κ1) is 16.2. The normalized spacial score (nSPS) is 10.8. The first-order valence-corrected chi connectivity index (χ1v) is 7.64. The number of benzene rings is 1. The summed E-state index contributed by atoms with van der Waals surface area (Å²) < 4.78 is 16.9. The molecule has 0 radical (unpaired) electrons. The van der Waals surface area contributed by atoms with E-state index in [4.69, 9.17) is 11.6 Å². The molecule has 0 bridgehead atoms. The van der Waals surface area contributed by atoms with Gasteiger partial charge in [0, 0.05) is 23.0 Å². The Balaban J connectivity index is 1.64. The molecule has 1 amide bonds. The van der Waals surface area contributed by atoms with Gasteiger partial charge in [0.05, 0.1) is 24.1 Å². The summed E-state index contributed by atoms with van der Waals surface area (Å²) in [6.07, 6.45) is 4.86. The second kappa shape index (κ2) is 6.84. The number of amides is 1. The van der Waals surface area contributed by atoms with Crippen LogP contribution in [0.2, 0.25) is 5.02 Å². The fourth-order valence-electron chi connectivity index (χ4n) is 2.26. The number of anilines is 1. The quantitative estimate of drug-likeness (QED) is 0.771. The van der Waals surface area contributed by atoms with Crippen LogP contribution < -0.4 is 5.32 Å². The van der Waals surface area contributed by atoms with Gasteiger partial charge in [0.1, 0.15) is 12.4 Å². The maximum Gasteiger partial charge on any atom is 0.246 e. The van der Waals surface area contributed by atoms with E-state index in [0.29, 0.717) is 16.3 Å². The Morgan fingerprint density at radius 2 is 2.17 bits per heavy atom. The molecule has 8 heteroatoms. The van der Waals surface area contributed by atoms with E-state index in [1.807, 2.05) is 13.0 Å². The molecule has 0 aliphatic rings. The minimum atomic E-state index is -0.391. The molecule has 0 fully saturated rings. The number of rotatable bonds is 5. The number of aryl methyl sites for hydroxylation is 1. The Morgan fingerprint density at radius 1 is 1.33 bits per heavy atom. The fraction of sp³-hybridized carbons (Fsp3) is 0.188. The molecule has 0 atom stereocenters. The minimum Gasteiger partial charge on any atom is -0.322 e. The number of nitrogens with zero attached hydrogens (tertiary/aromatic N) is 4. The highest BCUT2D eigenvalue weighted by atomic mass is 35.5. The van der Waals surface area contributed by atoms with E-state index in [1.54, 1.807) is 29.2 Å². The van der Waals surface area contributed by atoms with Crippen molar-refractivity contribution in [3.8, 4) is 0 Å². The van der Waals surface area contributed by atoms with Crippen LogP contribution in [0.4, 0.5) is 10.1 Å². The number of hydrogen-bond donors (Lipinski definition) is 1. The van der Waals surface area contributed by atoms with Crippen LogP contribution in [-0.2, 0) is 17.9 Å². The maximum atomic E-state index is 13.8. The number of carbonyl (C=O) groups excluding carboxylic acids is 1. The maximum absolute atomic E-state index is 13.8. The Labute approximate surface area is 142 Å². The summed E-state index contributed by atoms with van der Waals surface area (Å²) in [5.74, 6) is -0.612. The zero-order valence-electron chi connectivity index (χ0n) is 12.9. The smallest absolute Gasteiger partial charge is 0.246 e. The van der Waals surface area contributed by atoms with E-state index in [1.165, 1.54) is 16.9 Å². The van der Waals surface area contributed by atoms with Crippen molar-refractivity contribution in [2.24, 2.45) is 0 Å². The lowest BCUT2D eigenvalue weighted by atomic mass is 10.2. The average molecular weight is 348 g/mol. The Hall–Kier alpha value is -2.67. The first-order valence-electron chi connectivity index (χ1n) is 7.26. The predicted molar refractivity (Wildman–Crippen MR) is 88.3 cm³/mol. The molecule has 0 unspecified atom stereocenters. The van der Waals surface area contributed by atoms with E-state index in [-0.39, 0.29) is 19.0 Å². The number of halogens is 2. The molecule has 2 heterocycles. The van der Waals surface area contributed by atoms with Crippen LogP contribution in [-0.4, -0.2) is 25.5 Å². The summed E-state index contributed by atoms with van der Waals surface area (Å²) in [5.41, 5.74) is 1.72. The van der Waals surface area contributed by atoms with E-state index in [9.17, 15) is 9.18 Å². The number of aromatic nitrogens is 4. The van der Waals surface area contributed by atoms with Crippen LogP contribution in [0.1, 0.15) is 11.3 Å². The van der Waals surface area contributed by atoms with Crippen LogP contribution in [0, 0.1) is 12.7 Å². The lowest BCUT2D eigenvalue weighted by Gasteiger charge is -2.06. The molecule has 3 aromatic rings. The molecule has 0 aliphatic carbocycles. The largest absolute Gasteiger partial charge is 0.322 e. The number of nitrogens with one attached hydrogen (secondary N) is 1. The second-order valence-electron chi connectivity index (χ2n) is 5.33. The van der Waals surface area contributed by atoms with Gasteiger partial charge in [0.2, 0.25) is 5.91 Å². The Kier molecular flexibility index (Phi) is 4.61. The van der Waals surface area contributed by atoms with Crippen molar-refractivity contribution in [3.05, 3.63) is 65.0 Å². The van der Waals surface area contributed by atoms with Crippen molar-refractivity contribution < 1.29 is 9.18 Å². The molecule has 1 aromatic carbocycles. The molecule has 6 nitrogen and oxygen atoms in total. The van der Waals surface area contributed by atoms with Gasteiger partial charge >= 0.3 is 0 Å². The topological polar surface area (TPSA) is 64.7 Å². The molecular formula is C16H15ClFN5O. The molecule has 2 aromatic heterocycles. The van der Waals surface area contributed by atoms with Gasteiger partial charge in [0.25, 0.3) is 0 Å². The van der Waals surface area contributed by atoms with Crippen molar-refractivity contribution in [1.29, 1.82) is 0 Å². The lowest BCUT2D eigenvalue weighted by Crippen LogP contribution is -2.18. The van der Waals surface area contributed by atoms with Crippen molar-refractivity contribution in [2.45, 2.75) is 20.0 Å². The predicted octanol–water partition coefficient (Wildman–Crippen LogP) is 2.87. The van der Waals surface area contributed by atoms with E-state index in [0.717, 1.165) is 5.69 Å². The molecule has 1 N–H and O–H groups in total. The van der Waals surface area contributed by atoms with Crippen LogP contribution in [0.3, 0.4) is 0 Å². The number of carbonyl (C=O) groups is 1. The summed E-state index contributed by atoms with van der Waals surface area (Å²) in [6.45, 7) is 2.14. The fourth-order valence-corrected chi connectivity index (χ4v) is 2.48. The van der Waals surface area contributed by atoms with Gasteiger partial charge in [-0.15, -0.1) is 0 Å². The Morgan fingerprint density at radius 3 is 2.88 bits per heavy atom. The highest BCUT2D eigenvalue weighted by Crippen LogP contribution is 2.20. The Bertz CT molecular complexity index is 853. The van der Waals surface area contributed by atoms with Gasteiger partial charge in [-0.25, -0.2) is 4.39 Å². The zero-order valence-corrected chi connectivity index (χ0v) is 13.7. The molecule has 0 aliphatic heterocycles. The van der Waals surface area contributed by atoms with Gasteiger partial charge in [-0.05, 0) is 25.1 Å².